The SMILES string of the molecule is C=CCNC(=O)CSc1nc2sc3c(c2c(=O)n1CCOC)CCC3. The monoisotopic (exact) mass is 379 g/mol. The van der Waals surface area contributed by atoms with Gasteiger partial charge < -0.3 is 10.1 Å². The molecular formula is C17H21N3O3S2. The number of rotatable bonds is 8. The van der Waals surface area contributed by atoms with Crippen LogP contribution in [0.15, 0.2) is 22.6 Å². The van der Waals surface area contributed by atoms with Gasteiger partial charge in [0.15, 0.2) is 5.16 Å². The van der Waals surface area contributed by atoms with E-state index in [1.807, 2.05) is 0 Å². The van der Waals surface area contributed by atoms with Gasteiger partial charge in [0.05, 0.1) is 24.3 Å². The van der Waals surface area contributed by atoms with Crippen LogP contribution in [0.5, 0.6) is 0 Å². The number of methoxy groups -OCH3 is 1. The first-order valence-corrected chi connectivity index (χ1v) is 10.00. The van der Waals surface area contributed by atoms with Crippen molar-refractivity contribution < 1.29 is 9.53 Å². The Morgan fingerprint density at radius 2 is 2.36 bits per heavy atom. The summed E-state index contributed by atoms with van der Waals surface area (Å²) in [6, 6.07) is 0. The van der Waals surface area contributed by atoms with Crippen LogP contribution >= 0.6 is 23.1 Å². The Morgan fingerprint density at radius 1 is 1.52 bits per heavy atom. The highest BCUT2D eigenvalue weighted by molar-refractivity contribution is 7.99. The lowest BCUT2D eigenvalue weighted by molar-refractivity contribution is -0.118. The molecule has 6 nitrogen and oxygen atoms in total. The van der Waals surface area contributed by atoms with Gasteiger partial charge in [-0.05, 0) is 24.8 Å². The average molecular weight is 380 g/mol. The molecule has 0 aromatic carbocycles. The Labute approximate surface area is 154 Å². The van der Waals surface area contributed by atoms with Crippen molar-refractivity contribution in [2.24, 2.45) is 0 Å². The van der Waals surface area contributed by atoms with Crippen molar-refractivity contribution in [1.29, 1.82) is 0 Å². The van der Waals surface area contributed by atoms with Crippen LogP contribution in [-0.2, 0) is 28.9 Å². The minimum absolute atomic E-state index is 0.0181. The zero-order valence-electron chi connectivity index (χ0n) is 14.2. The fourth-order valence-electron chi connectivity index (χ4n) is 2.92. The standard InChI is InChI=1S/C17H21N3O3S2/c1-3-7-18-13(21)10-24-17-19-15-14(11-5-4-6-12(11)25-15)16(22)20(17)8-9-23-2/h3H,1,4-10H2,2H3,(H,18,21). The molecule has 0 bridgehead atoms. The van der Waals surface area contributed by atoms with Crippen molar-refractivity contribution in [1.82, 2.24) is 14.9 Å². The summed E-state index contributed by atoms with van der Waals surface area (Å²) >= 11 is 2.89. The van der Waals surface area contributed by atoms with E-state index in [0.717, 1.165) is 29.5 Å². The fourth-order valence-corrected chi connectivity index (χ4v) is 5.07. The number of hydrogen-bond donors (Lipinski definition) is 1. The predicted molar refractivity (Wildman–Crippen MR) is 102 cm³/mol. The summed E-state index contributed by atoms with van der Waals surface area (Å²) in [5.41, 5.74) is 1.15. The van der Waals surface area contributed by atoms with Crippen molar-refractivity contribution in [3.63, 3.8) is 0 Å². The molecule has 0 saturated carbocycles. The van der Waals surface area contributed by atoms with Crippen molar-refractivity contribution >= 4 is 39.2 Å². The third-order valence-electron chi connectivity index (χ3n) is 4.08. The zero-order chi connectivity index (χ0) is 17.8. The van der Waals surface area contributed by atoms with Gasteiger partial charge in [0, 0.05) is 18.5 Å². The minimum atomic E-state index is -0.105. The first-order valence-electron chi connectivity index (χ1n) is 8.20. The lowest BCUT2D eigenvalue weighted by Gasteiger charge is -2.12. The van der Waals surface area contributed by atoms with Crippen molar-refractivity contribution in [3.05, 3.63) is 33.4 Å². The second-order valence-corrected chi connectivity index (χ2v) is 7.79. The van der Waals surface area contributed by atoms with E-state index in [2.05, 4.69) is 11.9 Å². The van der Waals surface area contributed by atoms with Crippen molar-refractivity contribution in [2.75, 3.05) is 26.0 Å². The molecule has 2 heterocycles. The third kappa shape index (κ3) is 3.80. The van der Waals surface area contributed by atoms with E-state index in [1.165, 1.54) is 22.2 Å². The number of fused-ring (bicyclic) bond motifs is 3. The Morgan fingerprint density at radius 3 is 3.12 bits per heavy atom. The number of ether oxygens (including phenoxy) is 1. The fraction of sp³-hybridized carbons (Fsp3) is 0.471. The highest BCUT2D eigenvalue weighted by Gasteiger charge is 2.23. The second-order valence-electron chi connectivity index (χ2n) is 5.76. The van der Waals surface area contributed by atoms with E-state index in [-0.39, 0.29) is 17.2 Å². The molecule has 0 radical (unpaired) electrons. The first kappa shape index (κ1) is 18.2. The van der Waals surface area contributed by atoms with Crippen LogP contribution in [0, 0.1) is 0 Å². The molecular weight excluding hydrogens is 358 g/mol. The summed E-state index contributed by atoms with van der Waals surface area (Å²) in [7, 11) is 1.61. The van der Waals surface area contributed by atoms with Gasteiger partial charge in [0.1, 0.15) is 4.83 Å². The first-order chi connectivity index (χ1) is 12.2. The molecule has 2 aromatic rings. The number of thioether (sulfide) groups is 1. The predicted octanol–water partition coefficient (Wildman–Crippen LogP) is 1.99. The highest BCUT2D eigenvalue weighted by atomic mass is 32.2. The van der Waals surface area contributed by atoms with E-state index in [1.54, 1.807) is 29.1 Å². The normalized spacial score (nSPS) is 13.2. The second kappa shape index (κ2) is 8.16. The molecule has 0 saturated heterocycles. The van der Waals surface area contributed by atoms with Crippen molar-refractivity contribution in [3.8, 4) is 0 Å². The molecule has 1 aliphatic rings. The van der Waals surface area contributed by atoms with Gasteiger partial charge in [-0.25, -0.2) is 4.98 Å². The highest BCUT2D eigenvalue weighted by Crippen LogP contribution is 2.35. The largest absolute Gasteiger partial charge is 0.383 e. The van der Waals surface area contributed by atoms with Crippen LogP contribution in [0.25, 0.3) is 10.2 Å². The van der Waals surface area contributed by atoms with E-state index in [0.29, 0.717) is 24.9 Å². The van der Waals surface area contributed by atoms with Gasteiger partial charge in [-0.2, -0.15) is 0 Å². The lowest BCUT2D eigenvalue weighted by atomic mass is 10.2. The van der Waals surface area contributed by atoms with Crippen LogP contribution in [-0.4, -0.2) is 41.5 Å². The van der Waals surface area contributed by atoms with Gasteiger partial charge in [-0.15, -0.1) is 17.9 Å². The number of nitrogens with one attached hydrogen (secondary N) is 1. The Balaban J connectivity index is 1.94. The van der Waals surface area contributed by atoms with Gasteiger partial charge in [-0.3, -0.25) is 14.2 Å². The maximum absolute atomic E-state index is 13.0. The van der Waals surface area contributed by atoms with E-state index in [9.17, 15) is 9.59 Å². The molecule has 0 fully saturated rings. The summed E-state index contributed by atoms with van der Waals surface area (Å²) in [5.74, 6) is 0.107. The number of carbonyl (C=O) groups is 1. The number of nitrogens with zero attached hydrogens (tertiary/aromatic N) is 2. The Hall–Kier alpha value is -1.64. The van der Waals surface area contributed by atoms with Crippen molar-refractivity contribution in [2.45, 2.75) is 31.0 Å². The molecule has 0 atom stereocenters. The van der Waals surface area contributed by atoms with Gasteiger partial charge in [-0.1, -0.05) is 17.8 Å². The van der Waals surface area contributed by atoms with Crippen LogP contribution in [0.3, 0.4) is 0 Å². The number of aromatic nitrogens is 2. The Kier molecular flexibility index (Phi) is 5.93. The maximum Gasteiger partial charge on any atom is 0.263 e. The maximum atomic E-state index is 13.0. The molecule has 1 amide bonds. The molecule has 0 spiro atoms. The molecule has 1 N–H and O–H groups in total. The number of thiophene rings is 1. The quantitative estimate of drug-likeness (QED) is 0.431. The number of amides is 1. The summed E-state index contributed by atoms with van der Waals surface area (Å²) in [5, 5.41) is 4.06. The van der Waals surface area contributed by atoms with Crippen LogP contribution in [0.2, 0.25) is 0 Å². The smallest absolute Gasteiger partial charge is 0.263 e. The molecule has 2 aromatic heterocycles. The molecule has 8 heteroatoms. The summed E-state index contributed by atoms with van der Waals surface area (Å²) in [6.07, 6.45) is 4.72. The number of carbonyl (C=O) groups excluding carboxylic acids is 1. The van der Waals surface area contributed by atoms with Gasteiger partial charge in [0.2, 0.25) is 5.91 Å². The van der Waals surface area contributed by atoms with E-state index in [4.69, 9.17) is 9.72 Å². The number of aryl methyl sites for hydroxylation is 2. The topological polar surface area (TPSA) is 73.2 Å². The Bertz CT molecular complexity index is 857. The zero-order valence-corrected chi connectivity index (χ0v) is 15.8. The van der Waals surface area contributed by atoms with Gasteiger partial charge >= 0.3 is 0 Å². The molecule has 0 aliphatic heterocycles. The number of hydrogen-bond acceptors (Lipinski definition) is 6. The molecule has 134 valence electrons. The van der Waals surface area contributed by atoms with E-state index < -0.39 is 0 Å². The molecule has 1 aliphatic carbocycles. The summed E-state index contributed by atoms with van der Waals surface area (Å²) < 4.78 is 6.78. The summed E-state index contributed by atoms with van der Waals surface area (Å²) in [4.78, 5) is 31.6. The minimum Gasteiger partial charge on any atom is -0.383 e. The van der Waals surface area contributed by atoms with Crippen LogP contribution < -0.4 is 10.9 Å². The average Bonchev–Trinajstić information content (AvgIpc) is 3.18. The molecule has 0 unspecified atom stereocenters. The van der Waals surface area contributed by atoms with Crippen LogP contribution in [0.1, 0.15) is 16.9 Å². The summed E-state index contributed by atoms with van der Waals surface area (Å²) in [6.45, 7) is 4.86. The molecule has 25 heavy (non-hydrogen) atoms. The molecule has 3 rings (SSSR count). The van der Waals surface area contributed by atoms with Gasteiger partial charge in [0.25, 0.3) is 5.56 Å². The third-order valence-corrected chi connectivity index (χ3v) is 6.25. The van der Waals surface area contributed by atoms with E-state index >= 15 is 0 Å². The lowest BCUT2D eigenvalue weighted by Crippen LogP contribution is -2.28. The van der Waals surface area contributed by atoms with Crippen LogP contribution in [0.4, 0.5) is 0 Å².